The van der Waals surface area contributed by atoms with E-state index in [1.807, 2.05) is 0 Å². The zero-order chi connectivity index (χ0) is 15.2. The summed E-state index contributed by atoms with van der Waals surface area (Å²) in [5.74, 6) is -0.784. The van der Waals surface area contributed by atoms with Crippen LogP contribution in [0, 0.1) is 5.82 Å². The Balaban J connectivity index is 1.83. The highest BCUT2D eigenvalue weighted by molar-refractivity contribution is 5.94. The Morgan fingerprint density at radius 2 is 1.95 bits per heavy atom. The molecular formula is C15H19FN2O3. The van der Waals surface area contributed by atoms with Gasteiger partial charge < -0.3 is 9.64 Å². The number of benzene rings is 1. The number of amides is 1. The van der Waals surface area contributed by atoms with Gasteiger partial charge in [-0.15, -0.1) is 0 Å². The Labute approximate surface area is 123 Å². The number of carbonyl (C=O) groups excluding carboxylic acids is 2. The molecule has 1 aliphatic rings. The van der Waals surface area contributed by atoms with Gasteiger partial charge in [0, 0.05) is 38.3 Å². The molecule has 0 bridgehead atoms. The molecule has 1 aromatic rings. The third kappa shape index (κ3) is 4.26. The van der Waals surface area contributed by atoms with Gasteiger partial charge in [0.1, 0.15) is 5.82 Å². The molecule has 2 rings (SSSR count). The molecule has 21 heavy (non-hydrogen) atoms. The summed E-state index contributed by atoms with van der Waals surface area (Å²) in [7, 11) is 1.37. The van der Waals surface area contributed by atoms with Crippen LogP contribution in [0.3, 0.4) is 0 Å². The van der Waals surface area contributed by atoms with Gasteiger partial charge in [0.25, 0.3) is 5.91 Å². The molecular weight excluding hydrogens is 275 g/mol. The third-order valence-corrected chi connectivity index (χ3v) is 3.59. The van der Waals surface area contributed by atoms with Crippen LogP contribution in [0.5, 0.6) is 0 Å². The Bertz CT molecular complexity index is 513. The number of hydrogen-bond acceptors (Lipinski definition) is 4. The highest BCUT2D eigenvalue weighted by atomic mass is 19.1. The second kappa shape index (κ2) is 7.17. The SMILES string of the molecule is COC(=O)CCN1CCN(C(=O)c2cccc(F)c2)CC1. The van der Waals surface area contributed by atoms with E-state index < -0.39 is 5.82 Å². The van der Waals surface area contributed by atoms with E-state index in [1.54, 1.807) is 11.0 Å². The van der Waals surface area contributed by atoms with E-state index in [9.17, 15) is 14.0 Å². The average molecular weight is 294 g/mol. The zero-order valence-corrected chi connectivity index (χ0v) is 12.0. The molecule has 0 spiro atoms. The van der Waals surface area contributed by atoms with E-state index in [0.717, 1.165) is 0 Å². The summed E-state index contributed by atoms with van der Waals surface area (Å²) < 4.78 is 17.7. The van der Waals surface area contributed by atoms with Crippen molar-refractivity contribution in [3.05, 3.63) is 35.6 Å². The largest absolute Gasteiger partial charge is 0.469 e. The number of nitrogens with zero attached hydrogens (tertiary/aromatic N) is 2. The van der Waals surface area contributed by atoms with Gasteiger partial charge in [-0.05, 0) is 18.2 Å². The molecule has 1 aromatic carbocycles. The molecule has 0 saturated carbocycles. The summed E-state index contributed by atoms with van der Waals surface area (Å²) >= 11 is 0. The first-order chi connectivity index (χ1) is 10.1. The molecule has 0 radical (unpaired) electrons. The van der Waals surface area contributed by atoms with Gasteiger partial charge in [0.15, 0.2) is 0 Å². The van der Waals surface area contributed by atoms with Crippen molar-refractivity contribution in [1.29, 1.82) is 0 Å². The van der Waals surface area contributed by atoms with E-state index in [-0.39, 0.29) is 11.9 Å². The van der Waals surface area contributed by atoms with Crippen LogP contribution in [0.2, 0.25) is 0 Å². The topological polar surface area (TPSA) is 49.9 Å². The fourth-order valence-electron chi connectivity index (χ4n) is 2.33. The van der Waals surface area contributed by atoms with Gasteiger partial charge in [-0.3, -0.25) is 14.5 Å². The Kier molecular flexibility index (Phi) is 5.27. The lowest BCUT2D eigenvalue weighted by molar-refractivity contribution is -0.141. The predicted octanol–water partition coefficient (Wildman–Crippen LogP) is 1.15. The first kappa shape index (κ1) is 15.4. The van der Waals surface area contributed by atoms with Crippen molar-refractivity contribution >= 4 is 11.9 Å². The Hall–Kier alpha value is -1.95. The molecule has 1 amide bonds. The van der Waals surface area contributed by atoms with Crippen LogP contribution in [0.15, 0.2) is 24.3 Å². The lowest BCUT2D eigenvalue weighted by Crippen LogP contribution is -2.49. The van der Waals surface area contributed by atoms with Crippen LogP contribution in [0.1, 0.15) is 16.8 Å². The molecule has 0 aromatic heterocycles. The first-order valence-electron chi connectivity index (χ1n) is 6.94. The molecule has 0 unspecified atom stereocenters. The minimum atomic E-state index is -0.405. The fourth-order valence-corrected chi connectivity index (χ4v) is 2.33. The molecule has 1 fully saturated rings. The molecule has 1 heterocycles. The molecule has 0 atom stereocenters. The summed E-state index contributed by atoms with van der Waals surface area (Å²) in [6, 6.07) is 5.73. The van der Waals surface area contributed by atoms with E-state index in [4.69, 9.17) is 0 Å². The maximum atomic E-state index is 13.1. The average Bonchev–Trinajstić information content (AvgIpc) is 2.52. The summed E-state index contributed by atoms with van der Waals surface area (Å²) in [4.78, 5) is 27.2. The van der Waals surface area contributed by atoms with Gasteiger partial charge in [0.2, 0.25) is 0 Å². The van der Waals surface area contributed by atoms with Crippen LogP contribution in [0.4, 0.5) is 4.39 Å². The Morgan fingerprint density at radius 3 is 2.57 bits per heavy atom. The number of piperazine rings is 1. The highest BCUT2D eigenvalue weighted by Gasteiger charge is 2.22. The molecule has 114 valence electrons. The summed E-state index contributed by atoms with van der Waals surface area (Å²) in [6.07, 6.45) is 0.355. The zero-order valence-electron chi connectivity index (χ0n) is 12.0. The quantitative estimate of drug-likeness (QED) is 0.782. The van der Waals surface area contributed by atoms with Crippen LogP contribution in [-0.2, 0) is 9.53 Å². The van der Waals surface area contributed by atoms with Crippen molar-refractivity contribution in [3.63, 3.8) is 0 Å². The van der Waals surface area contributed by atoms with Crippen molar-refractivity contribution in [2.45, 2.75) is 6.42 Å². The maximum Gasteiger partial charge on any atom is 0.306 e. The summed E-state index contributed by atoms with van der Waals surface area (Å²) in [5.41, 5.74) is 0.373. The van der Waals surface area contributed by atoms with Gasteiger partial charge in [-0.1, -0.05) is 6.07 Å². The molecule has 1 saturated heterocycles. The maximum absolute atomic E-state index is 13.1. The summed E-state index contributed by atoms with van der Waals surface area (Å²) in [5, 5.41) is 0. The number of hydrogen-bond donors (Lipinski definition) is 0. The standard InChI is InChI=1S/C15H19FN2O3/c1-21-14(19)5-6-17-7-9-18(10-8-17)15(20)12-3-2-4-13(16)11-12/h2-4,11H,5-10H2,1H3. The smallest absolute Gasteiger partial charge is 0.306 e. The minimum Gasteiger partial charge on any atom is -0.469 e. The first-order valence-corrected chi connectivity index (χ1v) is 6.94. The second-order valence-corrected chi connectivity index (χ2v) is 4.97. The van der Waals surface area contributed by atoms with E-state index in [2.05, 4.69) is 9.64 Å². The van der Waals surface area contributed by atoms with Crippen LogP contribution in [0.25, 0.3) is 0 Å². The number of esters is 1. The lowest BCUT2D eigenvalue weighted by atomic mass is 10.1. The number of rotatable bonds is 4. The third-order valence-electron chi connectivity index (χ3n) is 3.59. The number of methoxy groups -OCH3 is 1. The van der Waals surface area contributed by atoms with Crippen molar-refractivity contribution in [3.8, 4) is 0 Å². The van der Waals surface area contributed by atoms with Crippen molar-refractivity contribution < 1.29 is 18.7 Å². The van der Waals surface area contributed by atoms with Crippen LogP contribution >= 0.6 is 0 Å². The Morgan fingerprint density at radius 1 is 1.24 bits per heavy atom. The molecule has 6 heteroatoms. The minimum absolute atomic E-state index is 0.151. The van der Waals surface area contributed by atoms with Gasteiger partial charge in [-0.2, -0.15) is 0 Å². The monoisotopic (exact) mass is 294 g/mol. The lowest BCUT2D eigenvalue weighted by Gasteiger charge is -2.34. The second-order valence-electron chi connectivity index (χ2n) is 4.97. The highest BCUT2D eigenvalue weighted by Crippen LogP contribution is 2.10. The normalized spacial score (nSPS) is 15.8. The number of halogens is 1. The molecule has 1 aliphatic heterocycles. The van der Waals surface area contributed by atoms with Crippen molar-refractivity contribution in [2.24, 2.45) is 0 Å². The van der Waals surface area contributed by atoms with Gasteiger partial charge >= 0.3 is 5.97 Å². The fraction of sp³-hybridized carbons (Fsp3) is 0.467. The van der Waals surface area contributed by atoms with Crippen LogP contribution < -0.4 is 0 Å². The van der Waals surface area contributed by atoms with E-state index >= 15 is 0 Å². The number of ether oxygens (including phenoxy) is 1. The predicted molar refractivity (Wildman–Crippen MR) is 75.4 cm³/mol. The van der Waals surface area contributed by atoms with Crippen molar-refractivity contribution in [1.82, 2.24) is 9.80 Å². The van der Waals surface area contributed by atoms with E-state index in [1.165, 1.54) is 25.3 Å². The van der Waals surface area contributed by atoms with Gasteiger partial charge in [0.05, 0.1) is 13.5 Å². The number of carbonyl (C=O) groups is 2. The molecule has 0 aliphatic carbocycles. The van der Waals surface area contributed by atoms with Gasteiger partial charge in [-0.25, -0.2) is 4.39 Å². The van der Waals surface area contributed by atoms with Crippen molar-refractivity contribution in [2.75, 3.05) is 39.8 Å². The molecule has 0 N–H and O–H groups in total. The van der Waals surface area contributed by atoms with Crippen LogP contribution in [-0.4, -0.2) is 61.5 Å². The molecule has 5 nitrogen and oxygen atoms in total. The van der Waals surface area contributed by atoms with E-state index in [0.29, 0.717) is 44.7 Å². The summed E-state index contributed by atoms with van der Waals surface area (Å²) in [6.45, 7) is 3.21.